The summed E-state index contributed by atoms with van der Waals surface area (Å²) in [5, 5.41) is 8.29. The summed E-state index contributed by atoms with van der Waals surface area (Å²) in [5.74, 6) is -0.202. The minimum absolute atomic E-state index is 0. The van der Waals surface area contributed by atoms with Gasteiger partial charge >= 0.3 is 6.03 Å². The minimum atomic E-state index is -0.485. The molecule has 1 fully saturated rings. The van der Waals surface area contributed by atoms with Gasteiger partial charge in [0, 0.05) is 23.6 Å². The van der Waals surface area contributed by atoms with Crippen molar-refractivity contribution in [2.75, 3.05) is 22.5 Å². The van der Waals surface area contributed by atoms with Gasteiger partial charge in [-0.05, 0) is 43.2 Å². The summed E-state index contributed by atoms with van der Waals surface area (Å²) >= 11 is 0. The van der Waals surface area contributed by atoms with Crippen molar-refractivity contribution < 1.29 is 14.3 Å². The SMILES string of the molecule is Cl.NC[C@H]1CC[C@@H](C(=O)Nc2cccc(NC(=O)Nc3ccccc3)c2)O1. The molecule has 0 spiro atoms. The number of carbonyl (C=O) groups is 2. The Morgan fingerprint density at radius 1 is 0.926 bits per heavy atom. The third kappa shape index (κ3) is 5.96. The largest absolute Gasteiger partial charge is 0.364 e. The van der Waals surface area contributed by atoms with Crippen molar-refractivity contribution in [2.24, 2.45) is 5.73 Å². The van der Waals surface area contributed by atoms with Crippen LogP contribution in [0.3, 0.4) is 0 Å². The number of carbonyl (C=O) groups excluding carboxylic acids is 2. The van der Waals surface area contributed by atoms with Crippen LogP contribution in [-0.2, 0) is 9.53 Å². The molecule has 3 amide bonds. The lowest BCUT2D eigenvalue weighted by molar-refractivity contribution is -0.126. The van der Waals surface area contributed by atoms with Gasteiger partial charge in [0.2, 0.25) is 0 Å². The van der Waals surface area contributed by atoms with Gasteiger partial charge in [0.1, 0.15) is 6.10 Å². The average Bonchev–Trinajstić information content (AvgIpc) is 3.12. The molecule has 0 saturated carbocycles. The van der Waals surface area contributed by atoms with Gasteiger partial charge in [-0.15, -0.1) is 12.4 Å². The normalized spacial score (nSPS) is 18.3. The van der Waals surface area contributed by atoms with E-state index in [4.69, 9.17) is 10.5 Å². The van der Waals surface area contributed by atoms with Gasteiger partial charge in [-0.2, -0.15) is 0 Å². The van der Waals surface area contributed by atoms with Crippen LogP contribution in [0.2, 0.25) is 0 Å². The quantitative estimate of drug-likeness (QED) is 0.629. The van der Waals surface area contributed by atoms with Crippen molar-refractivity contribution in [3.05, 3.63) is 54.6 Å². The zero-order chi connectivity index (χ0) is 18.4. The van der Waals surface area contributed by atoms with Crippen LogP contribution in [0.4, 0.5) is 21.9 Å². The summed E-state index contributed by atoms with van der Waals surface area (Å²) < 4.78 is 5.59. The van der Waals surface area contributed by atoms with Crippen molar-refractivity contribution in [1.29, 1.82) is 0 Å². The Bertz CT molecular complexity index is 773. The maximum atomic E-state index is 12.3. The topological polar surface area (TPSA) is 105 Å². The van der Waals surface area contributed by atoms with Gasteiger partial charge in [-0.3, -0.25) is 4.79 Å². The van der Waals surface area contributed by atoms with E-state index in [1.54, 1.807) is 36.4 Å². The molecule has 0 aromatic heterocycles. The van der Waals surface area contributed by atoms with Crippen molar-refractivity contribution in [3.8, 4) is 0 Å². The molecule has 0 aliphatic carbocycles. The number of nitrogens with one attached hydrogen (secondary N) is 3. The summed E-state index contributed by atoms with van der Waals surface area (Å²) in [5.41, 5.74) is 7.43. The fourth-order valence-corrected chi connectivity index (χ4v) is 2.78. The molecular formula is C19H23ClN4O3. The molecule has 0 bridgehead atoms. The van der Waals surface area contributed by atoms with Crippen LogP contribution in [0.15, 0.2) is 54.6 Å². The number of nitrogens with two attached hydrogens (primary N) is 1. The van der Waals surface area contributed by atoms with Crippen molar-refractivity contribution in [2.45, 2.75) is 25.0 Å². The molecule has 0 unspecified atom stereocenters. The Hall–Kier alpha value is -2.61. The van der Waals surface area contributed by atoms with Crippen LogP contribution in [0, 0.1) is 0 Å². The van der Waals surface area contributed by atoms with Gasteiger partial charge < -0.3 is 26.4 Å². The number of halogens is 1. The van der Waals surface area contributed by atoms with E-state index in [-0.39, 0.29) is 30.4 Å². The molecule has 2 aromatic carbocycles. The minimum Gasteiger partial charge on any atom is -0.364 e. The number of anilines is 3. The lowest BCUT2D eigenvalue weighted by atomic mass is 10.2. The highest BCUT2D eigenvalue weighted by atomic mass is 35.5. The highest BCUT2D eigenvalue weighted by molar-refractivity contribution is 6.00. The van der Waals surface area contributed by atoms with Gasteiger partial charge in [0.05, 0.1) is 6.10 Å². The molecule has 1 saturated heterocycles. The first-order valence-electron chi connectivity index (χ1n) is 8.53. The standard InChI is InChI=1S/C19H22N4O3.ClH/c20-12-16-9-10-17(26-16)18(24)21-14-7-4-8-15(11-14)23-19(25)22-13-5-2-1-3-6-13;/h1-8,11,16-17H,9-10,12,20H2,(H,21,24)(H2,22,23,25);1H/t16-,17+;/m1./s1. The summed E-state index contributed by atoms with van der Waals surface area (Å²) in [6, 6.07) is 15.7. The maximum absolute atomic E-state index is 12.3. The number of ether oxygens (including phenoxy) is 1. The Morgan fingerprint density at radius 3 is 2.22 bits per heavy atom. The second kappa shape index (κ2) is 9.91. The van der Waals surface area contributed by atoms with Crippen LogP contribution in [0.1, 0.15) is 12.8 Å². The maximum Gasteiger partial charge on any atom is 0.323 e. The smallest absolute Gasteiger partial charge is 0.323 e. The van der Waals surface area contributed by atoms with E-state index < -0.39 is 6.10 Å². The van der Waals surface area contributed by atoms with Gasteiger partial charge in [0.25, 0.3) is 5.91 Å². The van der Waals surface area contributed by atoms with Gasteiger partial charge in [-0.25, -0.2) is 4.79 Å². The monoisotopic (exact) mass is 390 g/mol. The molecule has 0 radical (unpaired) electrons. The van der Waals surface area contributed by atoms with E-state index >= 15 is 0 Å². The first-order valence-corrected chi connectivity index (χ1v) is 8.53. The van der Waals surface area contributed by atoms with E-state index in [0.29, 0.717) is 30.0 Å². The molecule has 1 aliphatic rings. The molecule has 8 heteroatoms. The number of rotatable bonds is 5. The number of amides is 3. The second-order valence-corrected chi connectivity index (χ2v) is 6.07. The molecule has 2 atom stereocenters. The number of urea groups is 1. The predicted molar refractivity (Wildman–Crippen MR) is 108 cm³/mol. The third-order valence-electron chi connectivity index (χ3n) is 4.08. The Balaban J connectivity index is 0.00000261. The van der Waals surface area contributed by atoms with E-state index in [9.17, 15) is 9.59 Å². The summed E-state index contributed by atoms with van der Waals surface area (Å²) in [7, 11) is 0. The number of para-hydroxylation sites is 1. The molecule has 27 heavy (non-hydrogen) atoms. The Morgan fingerprint density at radius 2 is 1.56 bits per heavy atom. The fraction of sp³-hybridized carbons (Fsp3) is 0.263. The highest BCUT2D eigenvalue weighted by Gasteiger charge is 2.29. The average molecular weight is 391 g/mol. The zero-order valence-corrected chi connectivity index (χ0v) is 15.5. The van der Waals surface area contributed by atoms with Crippen LogP contribution in [-0.4, -0.2) is 30.7 Å². The zero-order valence-electron chi connectivity index (χ0n) is 14.7. The number of hydrogen-bond donors (Lipinski definition) is 4. The summed E-state index contributed by atoms with van der Waals surface area (Å²) in [6.45, 7) is 0.416. The lowest BCUT2D eigenvalue weighted by Gasteiger charge is -2.13. The second-order valence-electron chi connectivity index (χ2n) is 6.07. The molecule has 3 rings (SSSR count). The third-order valence-corrected chi connectivity index (χ3v) is 4.08. The van der Waals surface area contributed by atoms with Crippen molar-refractivity contribution in [3.63, 3.8) is 0 Å². The van der Waals surface area contributed by atoms with Gasteiger partial charge in [-0.1, -0.05) is 24.3 Å². The molecule has 1 aliphatic heterocycles. The van der Waals surface area contributed by atoms with Gasteiger partial charge in [0.15, 0.2) is 0 Å². The molecule has 2 aromatic rings. The highest BCUT2D eigenvalue weighted by Crippen LogP contribution is 2.21. The van der Waals surface area contributed by atoms with Crippen molar-refractivity contribution in [1.82, 2.24) is 0 Å². The van der Waals surface area contributed by atoms with Crippen LogP contribution in [0.25, 0.3) is 0 Å². The van der Waals surface area contributed by atoms with E-state index in [0.717, 1.165) is 6.42 Å². The fourth-order valence-electron chi connectivity index (χ4n) is 2.78. The first-order chi connectivity index (χ1) is 12.6. The van der Waals surface area contributed by atoms with Crippen molar-refractivity contribution >= 4 is 41.4 Å². The Labute approximate surface area is 164 Å². The van der Waals surface area contributed by atoms with E-state index in [1.807, 2.05) is 18.2 Å². The van der Waals surface area contributed by atoms with E-state index in [1.165, 1.54) is 0 Å². The lowest BCUT2D eigenvalue weighted by Crippen LogP contribution is -2.29. The molecular weight excluding hydrogens is 368 g/mol. The first kappa shape index (κ1) is 20.7. The van der Waals surface area contributed by atoms with Crippen LogP contribution < -0.4 is 21.7 Å². The summed E-state index contributed by atoms with van der Waals surface area (Å²) in [4.78, 5) is 24.3. The number of benzene rings is 2. The Kier molecular flexibility index (Phi) is 7.60. The molecule has 144 valence electrons. The molecule has 5 N–H and O–H groups in total. The molecule has 1 heterocycles. The molecule has 7 nitrogen and oxygen atoms in total. The van der Waals surface area contributed by atoms with E-state index in [2.05, 4.69) is 16.0 Å². The number of hydrogen-bond acceptors (Lipinski definition) is 4. The van der Waals surface area contributed by atoms with Crippen LogP contribution >= 0.6 is 12.4 Å². The van der Waals surface area contributed by atoms with Crippen LogP contribution in [0.5, 0.6) is 0 Å². The predicted octanol–water partition coefficient (Wildman–Crippen LogP) is 3.20. The summed E-state index contributed by atoms with van der Waals surface area (Å²) in [6.07, 6.45) is 0.906.